The molecule has 0 heterocycles. The van der Waals surface area contributed by atoms with Crippen LogP contribution in [0.25, 0.3) is 0 Å². The SMILES string of the molecule is CC(C)O[C@H]1C(=O)C[C@H]2[C@@H]3CC[C@H]4CC(=O)CC[C@]4(C)[C@H]3CC[C@]12C. The van der Waals surface area contributed by atoms with E-state index in [1.807, 2.05) is 13.8 Å². The van der Waals surface area contributed by atoms with Gasteiger partial charge in [-0.1, -0.05) is 13.8 Å². The lowest BCUT2D eigenvalue weighted by Crippen LogP contribution is -2.54. The molecule has 0 amide bonds. The Morgan fingerprint density at radius 2 is 1.72 bits per heavy atom. The Bertz CT molecular complexity index is 582. The van der Waals surface area contributed by atoms with Crippen LogP contribution in [0.5, 0.6) is 0 Å². The molecular formula is C22H34O3. The Morgan fingerprint density at radius 1 is 0.960 bits per heavy atom. The fourth-order valence-corrected chi connectivity index (χ4v) is 7.30. The van der Waals surface area contributed by atoms with E-state index in [0.29, 0.717) is 47.1 Å². The van der Waals surface area contributed by atoms with Crippen LogP contribution in [0.3, 0.4) is 0 Å². The largest absolute Gasteiger partial charge is 0.367 e. The first-order valence-corrected chi connectivity index (χ1v) is 10.5. The number of rotatable bonds is 2. The lowest BCUT2D eigenvalue weighted by molar-refractivity contribution is -0.153. The number of carbonyl (C=O) groups excluding carboxylic acids is 2. The molecule has 0 bridgehead atoms. The third-order valence-electron chi connectivity index (χ3n) is 8.64. The van der Waals surface area contributed by atoms with Crippen molar-refractivity contribution in [3.63, 3.8) is 0 Å². The molecule has 0 aromatic carbocycles. The van der Waals surface area contributed by atoms with Crippen LogP contribution in [0.4, 0.5) is 0 Å². The number of ether oxygens (including phenoxy) is 1. The van der Waals surface area contributed by atoms with Gasteiger partial charge in [0.2, 0.25) is 0 Å². The van der Waals surface area contributed by atoms with Gasteiger partial charge in [-0.25, -0.2) is 0 Å². The van der Waals surface area contributed by atoms with Crippen molar-refractivity contribution >= 4 is 11.6 Å². The molecule has 0 unspecified atom stereocenters. The molecule has 0 aromatic rings. The molecule has 25 heavy (non-hydrogen) atoms. The molecule has 0 aliphatic heterocycles. The van der Waals surface area contributed by atoms with Crippen LogP contribution in [0, 0.1) is 34.5 Å². The summed E-state index contributed by atoms with van der Waals surface area (Å²) >= 11 is 0. The summed E-state index contributed by atoms with van der Waals surface area (Å²) in [5.41, 5.74) is 0.342. The molecule has 4 aliphatic carbocycles. The van der Waals surface area contributed by atoms with Gasteiger partial charge in [-0.2, -0.15) is 0 Å². The number of carbonyl (C=O) groups is 2. The molecule has 3 heteroatoms. The second kappa shape index (κ2) is 5.90. The Kier molecular flexibility index (Phi) is 4.18. The number of hydrogen-bond donors (Lipinski definition) is 0. The van der Waals surface area contributed by atoms with E-state index in [0.717, 1.165) is 25.7 Å². The first-order chi connectivity index (χ1) is 11.8. The van der Waals surface area contributed by atoms with Crippen molar-refractivity contribution in [2.24, 2.45) is 34.5 Å². The van der Waals surface area contributed by atoms with Gasteiger partial charge in [0.15, 0.2) is 5.78 Å². The highest BCUT2D eigenvalue weighted by Gasteiger charge is 2.62. The molecule has 0 saturated heterocycles. The first-order valence-electron chi connectivity index (χ1n) is 10.5. The highest BCUT2D eigenvalue weighted by Crippen LogP contribution is 2.65. The average molecular weight is 347 g/mol. The molecule has 3 nitrogen and oxygen atoms in total. The van der Waals surface area contributed by atoms with Gasteiger partial charge in [0.25, 0.3) is 0 Å². The predicted octanol–water partition coefficient (Wildman–Crippen LogP) is 4.57. The molecule has 4 rings (SSSR count). The van der Waals surface area contributed by atoms with Crippen LogP contribution in [0.15, 0.2) is 0 Å². The van der Waals surface area contributed by atoms with E-state index < -0.39 is 0 Å². The third kappa shape index (κ3) is 2.56. The second-order valence-corrected chi connectivity index (χ2v) is 10.2. The summed E-state index contributed by atoms with van der Waals surface area (Å²) in [7, 11) is 0. The summed E-state index contributed by atoms with van der Waals surface area (Å²) in [6, 6.07) is 0. The lowest BCUT2D eigenvalue weighted by Gasteiger charge is -2.59. The number of Topliss-reactive ketones (excluding diaryl/α,β-unsaturated/α-hetero) is 2. The van der Waals surface area contributed by atoms with Crippen molar-refractivity contribution in [2.75, 3.05) is 0 Å². The maximum absolute atomic E-state index is 12.8. The van der Waals surface area contributed by atoms with Gasteiger partial charge in [0.1, 0.15) is 11.9 Å². The molecule has 0 aromatic heterocycles. The van der Waals surface area contributed by atoms with E-state index in [4.69, 9.17) is 4.74 Å². The molecule has 140 valence electrons. The van der Waals surface area contributed by atoms with Crippen LogP contribution in [0.1, 0.15) is 79.1 Å². The summed E-state index contributed by atoms with van der Waals surface area (Å²) in [4.78, 5) is 24.8. The molecule has 7 atom stereocenters. The Hall–Kier alpha value is -0.700. The molecule has 0 spiro atoms. The second-order valence-electron chi connectivity index (χ2n) is 10.2. The van der Waals surface area contributed by atoms with Gasteiger partial charge < -0.3 is 4.74 Å². The van der Waals surface area contributed by atoms with Crippen molar-refractivity contribution < 1.29 is 14.3 Å². The zero-order valence-corrected chi connectivity index (χ0v) is 16.3. The molecule has 4 fully saturated rings. The summed E-state index contributed by atoms with van der Waals surface area (Å²) in [5.74, 6) is 3.23. The summed E-state index contributed by atoms with van der Waals surface area (Å²) in [5, 5.41) is 0. The average Bonchev–Trinajstić information content (AvgIpc) is 2.79. The van der Waals surface area contributed by atoms with Crippen molar-refractivity contribution in [3.05, 3.63) is 0 Å². The minimum Gasteiger partial charge on any atom is -0.367 e. The van der Waals surface area contributed by atoms with Gasteiger partial charge >= 0.3 is 0 Å². The van der Waals surface area contributed by atoms with E-state index in [1.165, 1.54) is 19.3 Å². The summed E-state index contributed by atoms with van der Waals surface area (Å²) in [6.45, 7) is 8.87. The third-order valence-corrected chi connectivity index (χ3v) is 8.64. The minimum atomic E-state index is -0.197. The van der Waals surface area contributed by atoms with Gasteiger partial charge in [-0.3, -0.25) is 9.59 Å². The summed E-state index contributed by atoms with van der Waals surface area (Å²) in [6.07, 6.45) is 7.99. The van der Waals surface area contributed by atoms with E-state index >= 15 is 0 Å². The van der Waals surface area contributed by atoms with E-state index in [1.54, 1.807) is 0 Å². The Labute approximate surface area is 152 Å². The van der Waals surface area contributed by atoms with Gasteiger partial charge in [-0.15, -0.1) is 0 Å². The Morgan fingerprint density at radius 3 is 2.44 bits per heavy atom. The fraction of sp³-hybridized carbons (Fsp3) is 0.909. The van der Waals surface area contributed by atoms with Gasteiger partial charge in [0, 0.05) is 24.7 Å². The maximum atomic E-state index is 12.8. The number of ketones is 2. The van der Waals surface area contributed by atoms with Crippen LogP contribution in [-0.2, 0) is 14.3 Å². The molecule has 0 N–H and O–H groups in total. The van der Waals surface area contributed by atoms with Crippen LogP contribution in [0.2, 0.25) is 0 Å². The van der Waals surface area contributed by atoms with Crippen molar-refractivity contribution in [1.82, 2.24) is 0 Å². The molecule has 4 aliphatic rings. The zero-order valence-electron chi connectivity index (χ0n) is 16.3. The van der Waals surface area contributed by atoms with Crippen LogP contribution < -0.4 is 0 Å². The lowest BCUT2D eigenvalue weighted by atomic mass is 9.45. The highest BCUT2D eigenvalue weighted by atomic mass is 16.5. The standard InChI is InChI=1S/C22H34O3/c1-13(2)25-20-19(24)12-18-16-6-5-14-11-15(23)7-9-21(14,3)17(16)8-10-22(18,20)4/h13-14,16-18,20H,5-12H2,1-4H3/t14-,16+,17-,18-,20-,21-,22-/m0/s1. The van der Waals surface area contributed by atoms with Gasteiger partial charge in [-0.05, 0) is 75.0 Å². The summed E-state index contributed by atoms with van der Waals surface area (Å²) < 4.78 is 6.13. The van der Waals surface area contributed by atoms with E-state index in [2.05, 4.69) is 13.8 Å². The maximum Gasteiger partial charge on any atom is 0.162 e. The zero-order chi connectivity index (χ0) is 18.0. The van der Waals surface area contributed by atoms with Crippen molar-refractivity contribution in [2.45, 2.75) is 91.3 Å². The van der Waals surface area contributed by atoms with Gasteiger partial charge in [0.05, 0.1) is 6.10 Å². The molecule has 0 radical (unpaired) electrons. The predicted molar refractivity (Wildman–Crippen MR) is 97.1 cm³/mol. The number of fused-ring (bicyclic) bond motifs is 5. The minimum absolute atomic E-state index is 0.0240. The quantitative estimate of drug-likeness (QED) is 0.735. The topological polar surface area (TPSA) is 43.4 Å². The van der Waals surface area contributed by atoms with Crippen LogP contribution in [-0.4, -0.2) is 23.8 Å². The monoisotopic (exact) mass is 346 g/mol. The Balaban J connectivity index is 1.61. The normalized spacial score (nSPS) is 49.7. The van der Waals surface area contributed by atoms with Crippen molar-refractivity contribution in [3.8, 4) is 0 Å². The van der Waals surface area contributed by atoms with E-state index in [-0.39, 0.29) is 17.6 Å². The van der Waals surface area contributed by atoms with E-state index in [9.17, 15) is 9.59 Å². The fourth-order valence-electron chi connectivity index (χ4n) is 7.30. The smallest absolute Gasteiger partial charge is 0.162 e. The van der Waals surface area contributed by atoms with Crippen molar-refractivity contribution in [1.29, 1.82) is 0 Å². The molecular weight excluding hydrogens is 312 g/mol. The van der Waals surface area contributed by atoms with Crippen LogP contribution >= 0.6 is 0 Å². The molecule has 4 saturated carbocycles. The first kappa shape index (κ1) is 17.7. The number of hydrogen-bond acceptors (Lipinski definition) is 3. The highest BCUT2D eigenvalue weighted by molar-refractivity contribution is 5.87.